The van der Waals surface area contributed by atoms with E-state index in [0.29, 0.717) is 28.2 Å². The first-order valence-electron chi connectivity index (χ1n) is 6.48. The topological polar surface area (TPSA) is 82.6 Å². The van der Waals surface area contributed by atoms with Crippen LogP contribution in [0.5, 0.6) is 11.5 Å². The fraction of sp³-hybridized carbons (Fsp3) is 0.357. The maximum atomic E-state index is 12.1. The molecule has 0 aliphatic heterocycles. The summed E-state index contributed by atoms with van der Waals surface area (Å²) in [5.41, 5.74) is 0.766. The van der Waals surface area contributed by atoms with Gasteiger partial charge in [-0.15, -0.1) is 10.2 Å². The second kappa shape index (κ2) is 7.71. The van der Waals surface area contributed by atoms with E-state index in [-0.39, 0.29) is 12.3 Å². The highest BCUT2D eigenvalue weighted by Gasteiger charge is 2.12. The number of benzene rings is 1. The molecule has 0 aliphatic rings. The van der Waals surface area contributed by atoms with Gasteiger partial charge in [0, 0.05) is 18.7 Å². The number of amides is 1. The lowest BCUT2D eigenvalue weighted by molar-refractivity contribution is -0.115. The van der Waals surface area contributed by atoms with Gasteiger partial charge in [-0.05, 0) is 6.07 Å². The zero-order valence-corrected chi connectivity index (χ0v) is 13.4. The van der Waals surface area contributed by atoms with Crippen molar-refractivity contribution in [1.82, 2.24) is 10.2 Å². The molecule has 2 rings (SSSR count). The Hall–Kier alpha value is -2.19. The molecule has 1 N–H and O–H groups in total. The van der Waals surface area contributed by atoms with Crippen LogP contribution < -0.4 is 14.8 Å². The Labute approximate surface area is 132 Å². The average molecular weight is 323 g/mol. The van der Waals surface area contributed by atoms with Crippen LogP contribution in [0.25, 0.3) is 0 Å². The molecule has 1 heterocycles. The van der Waals surface area contributed by atoms with Crippen molar-refractivity contribution in [3.8, 4) is 11.5 Å². The largest absolute Gasteiger partial charge is 0.497 e. The maximum absolute atomic E-state index is 12.1. The Kier molecular flexibility index (Phi) is 5.68. The Morgan fingerprint density at radius 2 is 2.05 bits per heavy atom. The highest BCUT2D eigenvalue weighted by atomic mass is 32.1. The molecule has 1 aromatic carbocycles. The Balaban J connectivity index is 2.02. The predicted molar refractivity (Wildman–Crippen MR) is 82.5 cm³/mol. The highest BCUT2D eigenvalue weighted by molar-refractivity contribution is 7.15. The summed E-state index contributed by atoms with van der Waals surface area (Å²) in [5, 5.41) is 11.7. The van der Waals surface area contributed by atoms with Crippen molar-refractivity contribution in [2.45, 2.75) is 13.0 Å². The van der Waals surface area contributed by atoms with Crippen molar-refractivity contribution in [2.75, 3.05) is 26.6 Å². The number of carbonyl (C=O) groups excluding carboxylic acids is 1. The van der Waals surface area contributed by atoms with E-state index in [1.165, 1.54) is 11.3 Å². The summed E-state index contributed by atoms with van der Waals surface area (Å²) in [5.74, 6) is 1.09. The van der Waals surface area contributed by atoms with Crippen molar-refractivity contribution in [1.29, 1.82) is 0 Å². The molecule has 8 heteroatoms. The standard InChI is InChI=1S/C14H17N3O4S/c1-19-8-13-16-17-14(22-13)15-12(18)6-9-4-5-10(20-2)7-11(9)21-3/h4-5,7H,6,8H2,1-3H3,(H,15,17,18). The summed E-state index contributed by atoms with van der Waals surface area (Å²) in [7, 11) is 4.71. The van der Waals surface area contributed by atoms with E-state index in [2.05, 4.69) is 15.5 Å². The number of aromatic nitrogens is 2. The fourth-order valence-corrected chi connectivity index (χ4v) is 2.55. The van der Waals surface area contributed by atoms with Crippen LogP contribution in [0.4, 0.5) is 5.13 Å². The lowest BCUT2D eigenvalue weighted by Crippen LogP contribution is -2.14. The summed E-state index contributed by atoms with van der Waals surface area (Å²) in [6.45, 7) is 0.375. The van der Waals surface area contributed by atoms with Crippen molar-refractivity contribution >= 4 is 22.4 Å². The van der Waals surface area contributed by atoms with E-state index in [9.17, 15) is 4.79 Å². The molecule has 0 fully saturated rings. The van der Waals surface area contributed by atoms with E-state index in [4.69, 9.17) is 14.2 Å². The minimum atomic E-state index is -0.191. The maximum Gasteiger partial charge on any atom is 0.230 e. The highest BCUT2D eigenvalue weighted by Crippen LogP contribution is 2.25. The van der Waals surface area contributed by atoms with Crippen LogP contribution in [-0.4, -0.2) is 37.4 Å². The third kappa shape index (κ3) is 4.15. The minimum Gasteiger partial charge on any atom is -0.497 e. The van der Waals surface area contributed by atoms with E-state index in [1.54, 1.807) is 39.5 Å². The number of hydrogen-bond acceptors (Lipinski definition) is 7. The number of methoxy groups -OCH3 is 3. The van der Waals surface area contributed by atoms with Gasteiger partial charge in [-0.3, -0.25) is 4.79 Å². The average Bonchev–Trinajstić information content (AvgIpc) is 2.95. The predicted octanol–water partition coefficient (Wildman–Crippen LogP) is 1.88. The van der Waals surface area contributed by atoms with Gasteiger partial charge in [-0.1, -0.05) is 17.4 Å². The summed E-state index contributed by atoms with van der Waals surface area (Å²) >= 11 is 1.28. The first kappa shape index (κ1) is 16.2. The van der Waals surface area contributed by atoms with Crippen LogP contribution in [0.3, 0.4) is 0 Å². The second-order valence-corrected chi connectivity index (χ2v) is 5.40. The van der Waals surface area contributed by atoms with Gasteiger partial charge in [0.25, 0.3) is 0 Å². The van der Waals surface area contributed by atoms with Gasteiger partial charge in [0.05, 0.1) is 20.6 Å². The van der Waals surface area contributed by atoms with E-state index >= 15 is 0 Å². The molecule has 0 saturated carbocycles. The Morgan fingerprint density at radius 1 is 1.23 bits per heavy atom. The number of hydrogen-bond donors (Lipinski definition) is 1. The molecule has 22 heavy (non-hydrogen) atoms. The summed E-state index contributed by atoms with van der Waals surface area (Å²) in [4.78, 5) is 12.1. The van der Waals surface area contributed by atoms with Gasteiger partial charge in [-0.2, -0.15) is 0 Å². The van der Waals surface area contributed by atoms with Gasteiger partial charge in [0.15, 0.2) is 0 Å². The molecule has 118 valence electrons. The normalized spacial score (nSPS) is 10.3. The quantitative estimate of drug-likeness (QED) is 0.838. The Morgan fingerprint density at radius 3 is 2.73 bits per heavy atom. The third-order valence-electron chi connectivity index (χ3n) is 2.83. The van der Waals surface area contributed by atoms with Gasteiger partial charge < -0.3 is 19.5 Å². The van der Waals surface area contributed by atoms with Crippen molar-refractivity contribution in [3.05, 3.63) is 28.8 Å². The first-order valence-corrected chi connectivity index (χ1v) is 7.30. The van der Waals surface area contributed by atoms with Gasteiger partial charge in [0.2, 0.25) is 11.0 Å². The van der Waals surface area contributed by atoms with Crippen LogP contribution in [0.1, 0.15) is 10.6 Å². The molecule has 2 aromatic rings. The molecule has 0 unspecified atom stereocenters. The molecule has 0 radical (unpaired) electrons. The molecule has 0 aliphatic carbocycles. The number of nitrogens with one attached hydrogen (secondary N) is 1. The summed E-state index contributed by atoms with van der Waals surface area (Å²) in [6, 6.07) is 5.32. The Bertz CT molecular complexity index is 645. The molecular formula is C14H17N3O4S. The minimum absolute atomic E-state index is 0.173. The number of carbonyl (C=O) groups is 1. The molecular weight excluding hydrogens is 306 g/mol. The van der Waals surface area contributed by atoms with Crippen LogP contribution in [0.2, 0.25) is 0 Å². The lowest BCUT2D eigenvalue weighted by atomic mass is 10.1. The molecule has 1 amide bonds. The fourth-order valence-electron chi connectivity index (χ4n) is 1.82. The molecule has 0 atom stereocenters. The van der Waals surface area contributed by atoms with Gasteiger partial charge >= 0.3 is 0 Å². The third-order valence-corrected chi connectivity index (χ3v) is 3.64. The number of rotatable bonds is 7. The number of ether oxygens (including phenoxy) is 3. The number of nitrogens with zero attached hydrogens (tertiary/aromatic N) is 2. The van der Waals surface area contributed by atoms with E-state index in [1.807, 2.05) is 0 Å². The van der Waals surface area contributed by atoms with Crippen LogP contribution in [0, 0.1) is 0 Å². The zero-order chi connectivity index (χ0) is 15.9. The molecule has 7 nitrogen and oxygen atoms in total. The van der Waals surface area contributed by atoms with Crippen LogP contribution in [0.15, 0.2) is 18.2 Å². The molecule has 0 saturated heterocycles. The zero-order valence-electron chi connectivity index (χ0n) is 12.6. The van der Waals surface area contributed by atoms with Gasteiger partial charge in [-0.25, -0.2) is 0 Å². The van der Waals surface area contributed by atoms with Crippen LogP contribution >= 0.6 is 11.3 Å². The SMILES string of the molecule is COCc1nnc(NC(=O)Cc2ccc(OC)cc2OC)s1. The summed E-state index contributed by atoms with van der Waals surface area (Å²) in [6.07, 6.45) is 0.173. The second-order valence-electron chi connectivity index (χ2n) is 4.34. The molecule has 0 bridgehead atoms. The number of anilines is 1. The lowest BCUT2D eigenvalue weighted by Gasteiger charge is -2.09. The smallest absolute Gasteiger partial charge is 0.230 e. The van der Waals surface area contributed by atoms with Gasteiger partial charge in [0.1, 0.15) is 23.1 Å². The van der Waals surface area contributed by atoms with E-state index in [0.717, 1.165) is 5.56 Å². The van der Waals surface area contributed by atoms with E-state index < -0.39 is 0 Å². The summed E-state index contributed by atoms with van der Waals surface area (Å²) < 4.78 is 15.4. The first-order chi connectivity index (χ1) is 10.7. The molecule has 0 spiro atoms. The molecule has 1 aromatic heterocycles. The monoisotopic (exact) mass is 323 g/mol. The van der Waals surface area contributed by atoms with Crippen molar-refractivity contribution in [2.24, 2.45) is 0 Å². The van der Waals surface area contributed by atoms with Crippen molar-refractivity contribution in [3.63, 3.8) is 0 Å². The van der Waals surface area contributed by atoms with Crippen LogP contribution in [-0.2, 0) is 22.6 Å². The van der Waals surface area contributed by atoms with Crippen molar-refractivity contribution < 1.29 is 19.0 Å².